The highest BCUT2D eigenvalue weighted by Gasteiger charge is 2.23. The molecule has 1 aromatic rings. The molecule has 5 heteroatoms. The second-order valence-corrected chi connectivity index (χ2v) is 4.48. The van der Waals surface area contributed by atoms with Crippen LogP contribution < -0.4 is 0 Å². The van der Waals surface area contributed by atoms with Crippen molar-refractivity contribution < 1.29 is 9.90 Å². The first-order chi connectivity index (χ1) is 7.68. The predicted molar refractivity (Wildman–Crippen MR) is 60.7 cm³/mol. The quantitative estimate of drug-likeness (QED) is 0.760. The van der Waals surface area contributed by atoms with Gasteiger partial charge in [-0.1, -0.05) is 0 Å². The van der Waals surface area contributed by atoms with Crippen molar-refractivity contribution in [2.75, 3.05) is 13.1 Å². The number of rotatable bonds is 1. The molecule has 2 rings (SSSR count). The molecule has 4 nitrogen and oxygen atoms in total. The fraction of sp³-hybridized carbons (Fsp3) is 0.455. The van der Waals surface area contributed by atoms with Crippen LogP contribution in [0.4, 0.5) is 0 Å². The number of hydrogen-bond donors (Lipinski definition) is 1. The van der Waals surface area contributed by atoms with Crippen LogP contribution in [-0.2, 0) is 0 Å². The van der Waals surface area contributed by atoms with Crippen LogP contribution in [0.2, 0.25) is 0 Å². The monoisotopic (exact) mass is 240 g/mol. The number of amides is 1. The van der Waals surface area contributed by atoms with E-state index in [0.29, 0.717) is 18.7 Å². The number of nitrogens with zero attached hydrogens (tertiary/aromatic N) is 2. The Hall–Kier alpha value is -1.29. The Kier molecular flexibility index (Phi) is 3.29. The summed E-state index contributed by atoms with van der Waals surface area (Å²) >= 11 is 5.97. The Morgan fingerprint density at radius 3 is 2.81 bits per heavy atom. The lowest BCUT2D eigenvalue weighted by Crippen LogP contribution is -2.38. The molecule has 16 heavy (non-hydrogen) atoms. The second-order valence-electron chi connectivity index (χ2n) is 3.86. The number of carbonyl (C=O) groups is 1. The van der Waals surface area contributed by atoms with Crippen molar-refractivity contribution >= 4 is 17.5 Å². The first-order valence-corrected chi connectivity index (χ1v) is 5.68. The van der Waals surface area contributed by atoms with Crippen LogP contribution in [0.25, 0.3) is 0 Å². The lowest BCUT2D eigenvalue weighted by atomic mass is 10.1. The van der Waals surface area contributed by atoms with Gasteiger partial charge in [-0.15, -0.1) is 11.6 Å². The van der Waals surface area contributed by atoms with Crippen LogP contribution in [0.15, 0.2) is 18.5 Å². The van der Waals surface area contributed by atoms with E-state index in [1.165, 1.54) is 18.5 Å². The molecule has 0 radical (unpaired) electrons. The Labute approximate surface area is 98.9 Å². The van der Waals surface area contributed by atoms with Gasteiger partial charge in [0.2, 0.25) is 0 Å². The molecule has 1 aliphatic heterocycles. The van der Waals surface area contributed by atoms with E-state index >= 15 is 0 Å². The Morgan fingerprint density at radius 2 is 2.19 bits per heavy atom. The van der Waals surface area contributed by atoms with Crippen molar-refractivity contribution in [3.05, 3.63) is 24.0 Å². The average Bonchev–Trinajstić information content (AvgIpc) is 2.30. The van der Waals surface area contributed by atoms with E-state index in [9.17, 15) is 9.90 Å². The van der Waals surface area contributed by atoms with Crippen LogP contribution in [-0.4, -0.2) is 39.4 Å². The smallest absolute Gasteiger partial charge is 0.257 e. The fourth-order valence-corrected chi connectivity index (χ4v) is 1.98. The van der Waals surface area contributed by atoms with Gasteiger partial charge in [0.05, 0.1) is 11.8 Å². The highest BCUT2D eigenvalue weighted by Crippen LogP contribution is 2.21. The minimum Gasteiger partial charge on any atom is -0.505 e. The summed E-state index contributed by atoms with van der Waals surface area (Å²) in [7, 11) is 0. The summed E-state index contributed by atoms with van der Waals surface area (Å²) in [4.78, 5) is 17.5. The van der Waals surface area contributed by atoms with E-state index in [0.717, 1.165) is 12.8 Å². The summed E-state index contributed by atoms with van der Waals surface area (Å²) in [6, 6.07) is 1.53. The molecule has 0 aliphatic carbocycles. The lowest BCUT2D eigenvalue weighted by Gasteiger charge is -2.29. The van der Waals surface area contributed by atoms with E-state index in [1.54, 1.807) is 4.90 Å². The van der Waals surface area contributed by atoms with E-state index in [2.05, 4.69) is 4.98 Å². The van der Waals surface area contributed by atoms with Gasteiger partial charge in [-0.3, -0.25) is 9.78 Å². The van der Waals surface area contributed by atoms with Crippen molar-refractivity contribution in [2.45, 2.75) is 18.2 Å². The third-order valence-electron chi connectivity index (χ3n) is 2.74. The second kappa shape index (κ2) is 4.70. The molecule has 0 spiro atoms. The minimum absolute atomic E-state index is 0.0690. The molecule has 2 heterocycles. The van der Waals surface area contributed by atoms with E-state index in [1.807, 2.05) is 0 Å². The fourth-order valence-electron chi connectivity index (χ4n) is 1.79. The van der Waals surface area contributed by atoms with Crippen LogP contribution in [0.1, 0.15) is 23.2 Å². The molecule has 0 saturated carbocycles. The van der Waals surface area contributed by atoms with Gasteiger partial charge in [0.1, 0.15) is 5.75 Å². The molecule has 1 aromatic heterocycles. The molecule has 0 atom stereocenters. The molecule has 1 fully saturated rings. The number of pyridine rings is 1. The number of halogens is 1. The zero-order valence-corrected chi connectivity index (χ0v) is 9.52. The van der Waals surface area contributed by atoms with Gasteiger partial charge in [-0.25, -0.2) is 0 Å². The first-order valence-electron chi connectivity index (χ1n) is 5.25. The van der Waals surface area contributed by atoms with Gasteiger partial charge in [-0.2, -0.15) is 0 Å². The normalized spacial score (nSPS) is 17.4. The topological polar surface area (TPSA) is 53.4 Å². The number of piperidine rings is 1. The number of aromatic hydroxyl groups is 1. The van der Waals surface area contributed by atoms with Crippen molar-refractivity contribution in [3.8, 4) is 5.75 Å². The van der Waals surface area contributed by atoms with E-state index in [-0.39, 0.29) is 17.0 Å². The number of hydrogen-bond acceptors (Lipinski definition) is 3. The number of alkyl halides is 1. The maximum Gasteiger partial charge on any atom is 0.257 e. The van der Waals surface area contributed by atoms with Crippen LogP contribution in [0, 0.1) is 0 Å². The van der Waals surface area contributed by atoms with Gasteiger partial charge >= 0.3 is 0 Å². The Morgan fingerprint density at radius 1 is 1.50 bits per heavy atom. The van der Waals surface area contributed by atoms with Crippen molar-refractivity contribution in [1.29, 1.82) is 0 Å². The van der Waals surface area contributed by atoms with Gasteiger partial charge in [0.25, 0.3) is 5.91 Å². The highest BCUT2D eigenvalue weighted by atomic mass is 35.5. The van der Waals surface area contributed by atoms with Crippen molar-refractivity contribution in [3.63, 3.8) is 0 Å². The SMILES string of the molecule is O=C(c1ccncc1O)N1CCC(Cl)CC1. The number of carbonyl (C=O) groups excluding carboxylic acids is 1. The predicted octanol–water partition coefficient (Wildman–Crippen LogP) is 1.63. The molecular weight excluding hydrogens is 228 g/mol. The van der Waals surface area contributed by atoms with Crippen LogP contribution in [0.3, 0.4) is 0 Å². The van der Waals surface area contributed by atoms with Crippen LogP contribution >= 0.6 is 11.6 Å². The summed E-state index contributed by atoms with van der Waals surface area (Å²) in [5.41, 5.74) is 0.308. The molecule has 86 valence electrons. The lowest BCUT2D eigenvalue weighted by molar-refractivity contribution is 0.0723. The maximum atomic E-state index is 12.0. The van der Waals surface area contributed by atoms with Crippen molar-refractivity contribution in [2.24, 2.45) is 0 Å². The Balaban J connectivity index is 2.11. The zero-order chi connectivity index (χ0) is 11.5. The molecule has 1 aliphatic rings. The summed E-state index contributed by atoms with van der Waals surface area (Å²) in [5, 5.41) is 9.69. The maximum absolute atomic E-state index is 12.0. The summed E-state index contributed by atoms with van der Waals surface area (Å²) in [5.74, 6) is -0.219. The van der Waals surface area contributed by atoms with E-state index < -0.39 is 0 Å². The first kappa shape index (κ1) is 11.2. The molecule has 0 bridgehead atoms. The largest absolute Gasteiger partial charge is 0.505 e. The standard InChI is InChI=1S/C11H13ClN2O2/c12-8-2-5-14(6-3-8)11(16)9-1-4-13-7-10(9)15/h1,4,7-8,15H,2-3,5-6H2. The average molecular weight is 241 g/mol. The van der Waals surface area contributed by atoms with Gasteiger partial charge in [-0.05, 0) is 18.9 Å². The third-order valence-corrected chi connectivity index (χ3v) is 3.18. The van der Waals surface area contributed by atoms with E-state index in [4.69, 9.17) is 11.6 Å². The zero-order valence-electron chi connectivity index (χ0n) is 8.77. The number of likely N-dealkylation sites (tertiary alicyclic amines) is 1. The molecule has 0 unspecified atom stereocenters. The summed E-state index contributed by atoms with van der Waals surface area (Å²) < 4.78 is 0. The van der Waals surface area contributed by atoms with Gasteiger partial charge in [0, 0.05) is 24.7 Å². The number of aromatic nitrogens is 1. The van der Waals surface area contributed by atoms with Gasteiger partial charge < -0.3 is 10.0 Å². The summed E-state index contributed by atoms with van der Waals surface area (Å²) in [6.07, 6.45) is 4.39. The highest BCUT2D eigenvalue weighted by molar-refractivity contribution is 6.20. The molecule has 1 N–H and O–H groups in total. The molecule has 1 amide bonds. The van der Waals surface area contributed by atoms with Gasteiger partial charge in [0.15, 0.2) is 0 Å². The molecule has 0 aromatic carbocycles. The van der Waals surface area contributed by atoms with Crippen molar-refractivity contribution in [1.82, 2.24) is 9.88 Å². The molecular formula is C11H13ClN2O2. The summed E-state index contributed by atoms with van der Waals surface area (Å²) in [6.45, 7) is 1.30. The molecule has 1 saturated heterocycles. The van der Waals surface area contributed by atoms with Crippen LogP contribution in [0.5, 0.6) is 5.75 Å². The third kappa shape index (κ3) is 2.27. The minimum atomic E-state index is -0.150. The Bertz CT molecular complexity index is 389.